The van der Waals surface area contributed by atoms with E-state index in [-0.39, 0.29) is 0 Å². The number of rotatable bonds is 4. The van der Waals surface area contributed by atoms with Gasteiger partial charge in [-0.05, 0) is 18.8 Å². The smallest absolute Gasteiger partial charge is 0.0607 e. The normalized spacial score (nSPS) is 27.5. The molecule has 0 bridgehead atoms. The third-order valence-electron chi connectivity index (χ3n) is 3.14. The SMILES string of the molecule is NC(CSC1COC1)C1CCCC1. The van der Waals surface area contributed by atoms with Crippen LogP contribution in [0.4, 0.5) is 0 Å². The first kappa shape index (κ1) is 9.81. The van der Waals surface area contributed by atoms with Crippen LogP contribution in [0.25, 0.3) is 0 Å². The molecular weight excluding hydrogens is 182 g/mol. The Morgan fingerprint density at radius 3 is 2.54 bits per heavy atom. The van der Waals surface area contributed by atoms with E-state index in [1.54, 1.807) is 0 Å². The highest BCUT2D eigenvalue weighted by molar-refractivity contribution is 8.00. The lowest BCUT2D eigenvalue weighted by molar-refractivity contribution is 0.0455. The molecule has 2 aliphatic rings. The lowest BCUT2D eigenvalue weighted by atomic mass is 10.0. The van der Waals surface area contributed by atoms with Crippen LogP contribution in [0.5, 0.6) is 0 Å². The van der Waals surface area contributed by atoms with Crippen LogP contribution in [0, 0.1) is 5.92 Å². The van der Waals surface area contributed by atoms with E-state index in [4.69, 9.17) is 10.5 Å². The van der Waals surface area contributed by atoms with Gasteiger partial charge in [0.2, 0.25) is 0 Å². The van der Waals surface area contributed by atoms with Crippen LogP contribution < -0.4 is 5.73 Å². The Morgan fingerprint density at radius 2 is 2.00 bits per heavy atom. The van der Waals surface area contributed by atoms with Gasteiger partial charge in [0.15, 0.2) is 0 Å². The highest BCUT2D eigenvalue weighted by Crippen LogP contribution is 2.29. The molecule has 2 rings (SSSR count). The molecule has 1 atom stereocenters. The number of ether oxygens (including phenoxy) is 1. The third-order valence-corrected chi connectivity index (χ3v) is 4.46. The van der Waals surface area contributed by atoms with Crippen molar-refractivity contribution in [3.8, 4) is 0 Å². The zero-order chi connectivity index (χ0) is 9.10. The molecule has 13 heavy (non-hydrogen) atoms. The van der Waals surface area contributed by atoms with Gasteiger partial charge in [-0.1, -0.05) is 12.8 Å². The lowest BCUT2D eigenvalue weighted by Gasteiger charge is -2.27. The number of hydrogen-bond donors (Lipinski definition) is 1. The molecule has 1 aliphatic heterocycles. The van der Waals surface area contributed by atoms with Gasteiger partial charge in [-0.2, -0.15) is 11.8 Å². The molecule has 2 nitrogen and oxygen atoms in total. The van der Waals surface area contributed by atoms with E-state index in [1.165, 1.54) is 25.7 Å². The van der Waals surface area contributed by atoms with E-state index in [1.807, 2.05) is 11.8 Å². The molecule has 3 heteroatoms. The Kier molecular flexibility index (Phi) is 3.52. The maximum absolute atomic E-state index is 6.14. The van der Waals surface area contributed by atoms with Crippen LogP contribution in [0.1, 0.15) is 25.7 Å². The Morgan fingerprint density at radius 1 is 1.31 bits per heavy atom. The Balaban J connectivity index is 1.62. The minimum absolute atomic E-state index is 0.438. The minimum Gasteiger partial charge on any atom is -0.379 e. The van der Waals surface area contributed by atoms with Crippen molar-refractivity contribution in [1.82, 2.24) is 0 Å². The molecule has 0 spiro atoms. The summed E-state index contributed by atoms with van der Waals surface area (Å²) in [4.78, 5) is 0. The molecule has 1 heterocycles. The topological polar surface area (TPSA) is 35.2 Å². The van der Waals surface area contributed by atoms with Crippen molar-refractivity contribution in [1.29, 1.82) is 0 Å². The average molecular weight is 201 g/mol. The van der Waals surface area contributed by atoms with Gasteiger partial charge in [-0.15, -0.1) is 0 Å². The molecule has 1 saturated heterocycles. The second-order valence-electron chi connectivity index (χ2n) is 4.20. The lowest BCUT2D eigenvalue weighted by Crippen LogP contribution is -2.36. The molecule has 0 amide bonds. The van der Waals surface area contributed by atoms with Crippen LogP contribution in [0.2, 0.25) is 0 Å². The third kappa shape index (κ3) is 2.61. The quantitative estimate of drug-likeness (QED) is 0.751. The fourth-order valence-corrected chi connectivity index (χ4v) is 3.23. The van der Waals surface area contributed by atoms with Gasteiger partial charge in [0.05, 0.1) is 18.5 Å². The first-order valence-corrected chi connectivity index (χ1v) is 6.36. The molecule has 1 aliphatic carbocycles. The van der Waals surface area contributed by atoms with E-state index in [0.717, 1.165) is 30.1 Å². The van der Waals surface area contributed by atoms with E-state index < -0.39 is 0 Å². The van der Waals surface area contributed by atoms with Gasteiger partial charge in [-0.25, -0.2) is 0 Å². The molecule has 0 aromatic heterocycles. The largest absolute Gasteiger partial charge is 0.379 e. The summed E-state index contributed by atoms with van der Waals surface area (Å²) in [6.07, 6.45) is 5.52. The Bertz CT molecular complexity index is 155. The molecule has 1 saturated carbocycles. The van der Waals surface area contributed by atoms with E-state index in [2.05, 4.69) is 0 Å². The molecule has 2 N–H and O–H groups in total. The fourth-order valence-electron chi connectivity index (χ4n) is 2.08. The standard InChI is InChI=1S/C10H19NOS/c11-10(8-3-1-2-4-8)7-13-9-5-12-6-9/h8-10H,1-7,11H2. The number of nitrogens with two attached hydrogens (primary N) is 1. The summed E-state index contributed by atoms with van der Waals surface area (Å²) in [5, 5.41) is 0.743. The van der Waals surface area contributed by atoms with Crippen molar-refractivity contribution in [2.24, 2.45) is 11.7 Å². The molecule has 0 aromatic rings. The van der Waals surface area contributed by atoms with Gasteiger partial charge in [0, 0.05) is 11.8 Å². The summed E-state index contributed by atoms with van der Waals surface area (Å²) < 4.78 is 5.13. The highest BCUT2D eigenvalue weighted by atomic mass is 32.2. The van der Waals surface area contributed by atoms with E-state index in [0.29, 0.717) is 6.04 Å². The second-order valence-corrected chi connectivity index (χ2v) is 5.53. The molecule has 1 unspecified atom stereocenters. The van der Waals surface area contributed by atoms with Crippen LogP contribution >= 0.6 is 11.8 Å². The second kappa shape index (κ2) is 4.67. The summed E-state index contributed by atoms with van der Waals surface area (Å²) >= 11 is 2.01. The van der Waals surface area contributed by atoms with Crippen molar-refractivity contribution in [2.45, 2.75) is 37.0 Å². The highest BCUT2D eigenvalue weighted by Gasteiger charge is 2.25. The Labute approximate surface area is 84.6 Å². The summed E-state index contributed by atoms with van der Waals surface area (Å²) in [6.45, 7) is 1.89. The van der Waals surface area contributed by atoms with Crippen molar-refractivity contribution in [3.63, 3.8) is 0 Å². The van der Waals surface area contributed by atoms with Crippen LogP contribution in [-0.2, 0) is 4.74 Å². The van der Waals surface area contributed by atoms with Gasteiger partial charge in [0.25, 0.3) is 0 Å². The summed E-state index contributed by atoms with van der Waals surface area (Å²) in [6, 6.07) is 0.438. The zero-order valence-electron chi connectivity index (χ0n) is 8.08. The maximum atomic E-state index is 6.14. The van der Waals surface area contributed by atoms with Crippen molar-refractivity contribution >= 4 is 11.8 Å². The van der Waals surface area contributed by atoms with Crippen molar-refractivity contribution < 1.29 is 4.74 Å². The monoisotopic (exact) mass is 201 g/mol. The van der Waals surface area contributed by atoms with E-state index in [9.17, 15) is 0 Å². The fraction of sp³-hybridized carbons (Fsp3) is 1.00. The zero-order valence-corrected chi connectivity index (χ0v) is 8.89. The van der Waals surface area contributed by atoms with Crippen LogP contribution in [-0.4, -0.2) is 30.3 Å². The predicted molar refractivity (Wildman–Crippen MR) is 57.0 cm³/mol. The molecule has 0 aromatic carbocycles. The molecule has 2 fully saturated rings. The van der Waals surface area contributed by atoms with Gasteiger partial charge in [-0.3, -0.25) is 0 Å². The summed E-state index contributed by atoms with van der Waals surface area (Å²) in [5.74, 6) is 1.95. The van der Waals surface area contributed by atoms with E-state index >= 15 is 0 Å². The minimum atomic E-state index is 0.438. The average Bonchev–Trinajstić information content (AvgIpc) is 2.52. The van der Waals surface area contributed by atoms with Crippen LogP contribution in [0.3, 0.4) is 0 Å². The first-order chi connectivity index (χ1) is 6.36. The predicted octanol–water partition coefficient (Wildman–Crippen LogP) is 1.64. The maximum Gasteiger partial charge on any atom is 0.0607 e. The molecule has 76 valence electrons. The van der Waals surface area contributed by atoms with Crippen LogP contribution in [0.15, 0.2) is 0 Å². The van der Waals surface area contributed by atoms with Crippen molar-refractivity contribution in [2.75, 3.05) is 19.0 Å². The van der Waals surface area contributed by atoms with Crippen molar-refractivity contribution in [3.05, 3.63) is 0 Å². The number of thioether (sulfide) groups is 1. The number of hydrogen-bond acceptors (Lipinski definition) is 3. The van der Waals surface area contributed by atoms with Gasteiger partial charge < -0.3 is 10.5 Å². The summed E-state index contributed by atoms with van der Waals surface area (Å²) in [5.41, 5.74) is 6.14. The van der Waals surface area contributed by atoms with Gasteiger partial charge in [0.1, 0.15) is 0 Å². The first-order valence-electron chi connectivity index (χ1n) is 5.31. The molecule has 0 radical (unpaired) electrons. The summed E-state index contributed by atoms with van der Waals surface area (Å²) in [7, 11) is 0. The van der Waals surface area contributed by atoms with Gasteiger partial charge >= 0.3 is 0 Å². The molecular formula is C10H19NOS. The Hall–Kier alpha value is 0.270.